The monoisotopic (exact) mass is 833 g/mol. The number of terminal acetylenes is 1. The lowest BCUT2D eigenvalue weighted by molar-refractivity contribution is -0.118. The topological polar surface area (TPSA) is 353 Å². The van der Waals surface area contributed by atoms with Crippen molar-refractivity contribution >= 4 is 64.1 Å². The van der Waals surface area contributed by atoms with Crippen LogP contribution in [0.1, 0.15) is 52.0 Å². The summed E-state index contributed by atoms with van der Waals surface area (Å²) in [6.07, 6.45) is 7.58. The Hall–Kier alpha value is -5.92. The smallest absolute Gasteiger partial charge is 0.259 e. The standard InChI is InChI=1S/C39H55N13O6S/c1-2-23-28(9-3-10-29(23)50-37(55)26(44)7-5-13-40)49-35(53)24-21-25(33(58-19-15-42)22-32(24)57-18-14-41)36(54)51-30-11-4-12-31(34(30)59-20-16-43)52-38(56)27(45)8-6-17-48-39(46)47/h1,3-4,9-12,21-22,26-27H,5-8,13-20,40-45H2,(H,49,53)(H,50,55)(H,51,54)(H,52,56)(H4,46,47,48)/t26-,27-/m1/s1. The molecule has 0 fully saturated rings. The molecule has 4 amide bonds. The van der Waals surface area contributed by atoms with E-state index in [1.807, 2.05) is 0 Å². The minimum atomic E-state index is -0.871. The fourth-order valence-corrected chi connectivity index (χ4v) is 6.31. The van der Waals surface area contributed by atoms with Crippen LogP contribution < -0.4 is 76.2 Å². The van der Waals surface area contributed by atoms with E-state index in [-0.39, 0.29) is 71.8 Å². The zero-order valence-electron chi connectivity index (χ0n) is 32.7. The highest BCUT2D eigenvalue weighted by molar-refractivity contribution is 7.99. The number of benzene rings is 3. The Morgan fingerprint density at radius 1 is 0.712 bits per heavy atom. The van der Waals surface area contributed by atoms with Gasteiger partial charge in [-0.3, -0.25) is 24.6 Å². The summed E-state index contributed by atoms with van der Waals surface area (Å²) in [6.45, 7) is 1.30. The first-order valence-electron chi connectivity index (χ1n) is 18.8. The normalized spacial score (nSPS) is 11.7. The molecule has 0 spiro atoms. The van der Waals surface area contributed by atoms with Crippen molar-refractivity contribution in [1.29, 1.82) is 5.41 Å². The van der Waals surface area contributed by atoms with Crippen molar-refractivity contribution in [3.05, 3.63) is 65.2 Å². The number of ether oxygens (including phenoxy) is 2. The van der Waals surface area contributed by atoms with Crippen LogP contribution in [-0.2, 0) is 9.59 Å². The Morgan fingerprint density at radius 2 is 1.20 bits per heavy atom. The molecule has 0 aliphatic heterocycles. The molecule has 3 aromatic rings. The van der Waals surface area contributed by atoms with Crippen molar-refractivity contribution in [1.82, 2.24) is 5.32 Å². The molecule has 0 saturated carbocycles. The molecule has 0 aliphatic carbocycles. The van der Waals surface area contributed by atoms with Crippen LogP contribution in [0.2, 0.25) is 0 Å². The molecule has 2 atom stereocenters. The molecule has 0 bridgehead atoms. The SMILES string of the molecule is C#Cc1c(NC(=O)c2cc(C(=O)Nc3cccc(NC(=O)[C@H](N)CCCNC(=N)N)c3SCCN)c(OCCN)cc2OCCN)cccc1NC(=O)[C@H](N)CCCN. The lowest BCUT2D eigenvalue weighted by Crippen LogP contribution is -2.37. The number of carbonyl (C=O) groups excluding carboxylic acids is 4. The van der Waals surface area contributed by atoms with Gasteiger partial charge in [0.25, 0.3) is 11.8 Å². The summed E-state index contributed by atoms with van der Waals surface area (Å²) in [6, 6.07) is 10.7. The van der Waals surface area contributed by atoms with Gasteiger partial charge in [0.05, 0.1) is 56.4 Å². The first-order valence-corrected chi connectivity index (χ1v) is 19.8. The molecule has 59 heavy (non-hydrogen) atoms. The van der Waals surface area contributed by atoms with Gasteiger partial charge in [-0.05, 0) is 62.6 Å². The van der Waals surface area contributed by atoms with E-state index in [1.165, 1.54) is 23.9 Å². The van der Waals surface area contributed by atoms with Crippen LogP contribution in [0.3, 0.4) is 0 Å². The average Bonchev–Trinajstić information content (AvgIpc) is 3.22. The molecule has 19 nitrogen and oxygen atoms in total. The van der Waals surface area contributed by atoms with Gasteiger partial charge in [-0.1, -0.05) is 18.1 Å². The highest BCUT2D eigenvalue weighted by Gasteiger charge is 2.25. The first kappa shape index (κ1) is 47.5. The number of guanidine groups is 1. The predicted molar refractivity (Wildman–Crippen MR) is 233 cm³/mol. The molecule has 0 unspecified atom stereocenters. The van der Waals surface area contributed by atoms with Crippen LogP contribution in [-0.4, -0.2) is 93.4 Å². The van der Waals surface area contributed by atoms with E-state index in [0.29, 0.717) is 67.3 Å². The van der Waals surface area contributed by atoms with Gasteiger partial charge in [0.15, 0.2) is 5.96 Å². The molecule has 0 heterocycles. The highest BCUT2D eigenvalue weighted by Crippen LogP contribution is 2.37. The van der Waals surface area contributed by atoms with Crippen molar-refractivity contribution < 1.29 is 28.7 Å². The van der Waals surface area contributed by atoms with Crippen molar-refractivity contribution in [2.45, 2.75) is 42.7 Å². The number of nitrogens with one attached hydrogen (secondary N) is 6. The van der Waals surface area contributed by atoms with Gasteiger partial charge in [0.1, 0.15) is 24.7 Å². The van der Waals surface area contributed by atoms with E-state index >= 15 is 0 Å². The number of rotatable bonds is 24. The Balaban J connectivity index is 2.01. The summed E-state index contributed by atoms with van der Waals surface area (Å²) in [7, 11) is 0. The van der Waals surface area contributed by atoms with Crippen molar-refractivity contribution in [3.63, 3.8) is 0 Å². The van der Waals surface area contributed by atoms with Crippen molar-refractivity contribution in [3.8, 4) is 23.8 Å². The fourth-order valence-electron chi connectivity index (χ4n) is 5.43. The van der Waals surface area contributed by atoms with E-state index < -0.39 is 35.7 Å². The third kappa shape index (κ3) is 14.4. The fraction of sp³-hybridized carbons (Fsp3) is 0.359. The van der Waals surface area contributed by atoms with Crippen LogP contribution in [0.4, 0.5) is 22.7 Å². The third-order valence-electron chi connectivity index (χ3n) is 8.32. The number of amides is 4. The Kier molecular flexibility index (Phi) is 19.9. The predicted octanol–water partition coefficient (Wildman–Crippen LogP) is 0.432. The Labute approximate surface area is 347 Å². The van der Waals surface area contributed by atoms with E-state index in [9.17, 15) is 19.2 Å². The summed E-state index contributed by atoms with van der Waals surface area (Å²) in [5, 5.41) is 21.2. The van der Waals surface area contributed by atoms with Gasteiger partial charge in [-0.2, -0.15) is 0 Å². The maximum atomic E-state index is 14.2. The molecular weight excluding hydrogens is 779 g/mol. The average molecular weight is 834 g/mol. The van der Waals surface area contributed by atoms with Gasteiger partial charge in [-0.25, -0.2) is 0 Å². The molecule has 3 aromatic carbocycles. The number of thioether (sulfide) groups is 1. The lowest BCUT2D eigenvalue weighted by Gasteiger charge is -2.20. The third-order valence-corrected chi connectivity index (χ3v) is 9.49. The molecule has 20 heteroatoms. The Bertz CT molecular complexity index is 1980. The summed E-state index contributed by atoms with van der Waals surface area (Å²) in [5.74, 6) is 0.549. The summed E-state index contributed by atoms with van der Waals surface area (Å²) >= 11 is 1.30. The zero-order chi connectivity index (χ0) is 43.3. The minimum absolute atomic E-state index is 0.0168. The number of anilines is 4. The molecule has 318 valence electrons. The van der Waals surface area contributed by atoms with E-state index in [1.54, 1.807) is 36.4 Å². The quantitative estimate of drug-likeness (QED) is 0.0191. The van der Waals surface area contributed by atoms with Crippen LogP contribution in [0.5, 0.6) is 11.5 Å². The minimum Gasteiger partial charge on any atom is -0.491 e. The number of hydrogen-bond donors (Lipinski definition) is 13. The molecule has 20 N–H and O–H groups in total. The second-order valence-electron chi connectivity index (χ2n) is 12.8. The summed E-state index contributed by atoms with van der Waals surface area (Å²) in [5.41, 5.74) is 41.5. The van der Waals surface area contributed by atoms with E-state index in [4.69, 9.17) is 61.4 Å². The number of nitrogens with two attached hydrogens (primary N) is 7. The van der Waals surface area contributed by atoms with Gasteiger partial charge >= 0.3 is 0 Å². The van der Waals surface area contributed by atoms with Crippen molar-refractivity contribution in [2.24, 2.45) is 40.1 Å². The molecule has 0 aliphatic rings. The molecular formula is C39H55N13O6S. The maximum Gasteiger partial charge on any atom is 0.259 e. The van der Waals surface area contributed by atoms with E-state index in [0.717, 1.165) is 0 Å². The van der Waals surface area contributed by atoms with Crippen LogP contribution >= 0.6 is 11.8 Å². The maximum absolute atomic E-state index is 14.2. The van der Waals surface area contributed by atoms with Crippen LogP contribution in [0.25, 0.3) is 0 Å². The summed E-state index contributed by atoms with van der Waals surface area (Å²) in [4.78, 5) is 54.7. The van der Waals surface area contributed by atoms with Gasteiger partial charge in [-0.15, -0.1) is 18.2 Å². The lowest BCUT2D eigenvalue weighted by atomic mass is 10.0. The molecule has 0 radical (unpaired) electrons. The molecule has 0 aromatic heterocycles. The number of carbonyl (C=O) groups is 4. The van der Waals surface area contributed by atoms with Gasteiger partial charge < -0.3 is 76.2 Å². The largest absolute Gasteiger partial charge is 0.491 e. The van der Waals surface area contributed by atoms with Crippen molar-refractivity contribution in [2.75, 3.05) is 73.0 Å². The Morgan fingerprint density at radius 3 is 1.71 bits per heavy atom. The molecule has 0 saturated heterocycles. The first-order chi connectivity index (χ1) is 28.4. The van der Waals surface area contributed by atoms with Gasteiger partial charge in [0.2, 0.25) is 11.8 Å². The number of hydrogen-bond acceptors (Lipinski definition) is 14. The van der Waals surface area contributed by atoms with Crippen LogP contribution in [0, 0.1) is 17.8 Å². The zero-order valence-corrected chi connectivity index (χ0v) is 33.6. The van der Waals surface area contributed by atoms with E-state index in [2.05, 4.69) is 32.5 Å². The summed E-state index contributed by atoms with van der Waals surface area (Å²) < 4.78 is 11.7. The highest BCUT2D eigenvalue weighted by atomic mass is 32.2. The second-order valence-corrected chi connectivity index (χ2v) is 13.9. The molecule has 3 rings (SSSR count). The second kappa shape index (κ2) is 24.8. The van der Waals surface area contributed by atoms with Crippen LogP contribution in [0.15, 0.2) is 53.4 Å². The van der Waals surface area contributed by atoms with Gasteiger partial charge in [0, 0.05) is 38.0 Å².